The van der Waals surface area contributed by atoms with Gasteiger partial charge in [-0.05, 0) is 52.5 Å². The van der Waals surface area contributed by atoms with Crippen molar-refractivity contribution < 1.29 is 4.42 Å². The molecule has 0 bridgehead atoms. The standard InChI is InChI=1S/C16H29N3O/c1-5-17-9-16-8-15(13(2)20-16)12-19(4)11-14-6-7-18(3)10-14/h8,14,17H,5-7,9-12H2,1-4H3. The summed E-state index contributed by atoms with van der Waals surface area (Å²) in [5.74, 6) is 2.93. The van der Waals surface area contributed by atoms with Gasteiger partial charge in [0, 0.05) is 25.2 Å². The Kier molecular flexibility index (Phi) is 5.64. The highest BCUT2D eigenvalue weighted by molar-refractivity contribution is 5.20. The third-order valence-corrected chi connectivity index (χ3v) is 4.12. The molecule has 0 saturated carbocycles. The molecule has 1 aliphatic rings. The molecular weight excluding hydrogens is 250 g/mol. The average Bonchev–Trinajstić information content (AvgIpc) is 2.94. The third-order valence-electron chi connectivity index (χ3n) is 4.12. The monoisotopic (exact) mass is 279 g/mol. The van der Waals surface area contributed by atoms with Gasteiger partial charge in [-0.1, -0.05) is 6.92 Å². The highest BCUT2D eigenvalue weighted by Gasteiger charge is 2.21. The first-order valence-electron chi connectivity index (χ1n) is 7.74. The molecule has 4 nitrogen and oxygen atoms in total. The van der Waals surface area contributed by atoms with E-state index >= 15 is 0 Å². The van der Waals surface area contributed by atoms with E-state index < -0.39 is 0 Å². The molecule has 0 aliphatic carbocycles. The van der Waals surface area contributed by atoms with Gasteiger partial charge in [0.2, 0.25) is 0 Å². The average molecular weight is 279 g/mol. The summed E-state index contributed by atoms with van der Waals surface area (Å²) < 4.78 is 5.81. The molecule has 1 saturated heterocycles. The van der Waals surface area contributed by atoms with Crippen LogP contribution in [0.2, 0.25) is 0 Å². The largest absolute Gasteiger partial charge is 0.465 e. The summed E-state index contributed by atoms with van der Waals surface area (Å²) in [7, 11) is 4.43. The number of hydrogen-bond donors (Lipinski definition) is 1. The van der Waals surface area contributed by atoms with Gasteiger partial charge in [-0.25, -0.2) is 0 Å². The first kappa shape index (κ1) is 15.5. The lowest BCUT2D eigenvalue weighted by atomic mass is 10.1. The van der Waals surface area contributed by atoms with Crippen LogP contribution in [0.3, 0.4) is 0 Å². The minimum absolute atomic E-state index is 0.818. The summed E-state index contributed by atoms with van der Waals surface area (Å²) in [6.45, 7) is 10.6. The second-order valence-corrected chi connectivity index (χ2v) is 6.19. The van der Waals surface area contributed by atoms with Crippen molar-refractivity contribution in [2.24, 2.45) is 5.92 Å². The molecule has 1 fully saturated rings. The minimum Gasteiger partial charge on any atom is -0.465 e. The fourth-order valence-corrected chi connectivity index (χ4v) is 3.05. The molecule has 2 heterocycles. The summed E-state index contributed by atoms with van der Waals surface area (Å²) >= 11 is 0. The molecular formula is C16H29N3O. The topological polar surface area (TPSA) is 31.6 Å². The predicted octanol–water partition coefficient (Wildman–Crippen LogP) is 2.08. The Balaban J connectivity index is 1.84. The zero-order chi connectivity index (χ0) is 14.5. The number of furan rings is 1. The molecule has 20 heavy (non-hydrogen) atoms. The van der Waals surface area contributed by atoms with Crippen LogP contribution in [0.25, 0.3) is 0 Å². The number of likely N-dealkylation sites (tertiary alicyclic amines) is 1. The molecule has 0 aromatic carbocycles. The molecule has 1 unspecified atom stereocenters. The highest BCUT2D eigenvalue weighted by Crippen LogP contribution is 2.19. The molecule has 114 valence electrons. The van der Waals surface area contributed by atoms with E-state index in [0.717, 1.165) is 37.1 Å². The van der Waals surface area contributed by atoms with Crippen LogP contribution in [0.1, 0.15) is 30.4 Å². The SMILES string of the molecule is CCNCc1cc(CN(C)CC2CCN(C)C2)c(C)o1. The Morgan fingerprint density at radius 2 is 2.30 bits per heavy atom. The van der Waals surface area contributed by atoms with E-state index in [-0.39, 0.29) is 0 Å². The van der Waals surface area contributed by atoms with E-state index in [1.54, 1.807) is 0 Å². The molecule has 0 radical (unpaired) electrons. The molecule has 1 aromatic heterocycles. The lowest BCUT2D eigenvalue weighted by Gasteiger charge is -2.20. The summed E-state index contributed by atoms with van der Waals surface area (Å²) in [6, 6.07) is 2.20. The van der Waals surface area contributed by atoms with E-state index in [4.69, 9.17) is 4.42 Å². The van der Waals surface area contributed by atoms with Crippen LogP contribution < -0.4 is 5.32 Å². The van der Waals surface area contributed by atoms with Gasteiger partial charge in [0.15, 0.2) is 0 Å². The summed E-state index contributed by atoms with van der Waals surface area (Å²) in [5.41, 5.74) is 1.33. The van der Waals surface area contributed by atoms with E-state index in [2.05, 4.69) is 49.1 Å². The van der Waals surface area contributed by atoms with E-state index in [0.29, 0.717) is 0 Å². The van der Waals surface area contributed by atoms with Crippen LogP contribution in [0.5, 0.6) is 0 Å². The van der Waals surface area contributed by atoms with Crippen LogP contribution >= 0.6 is 0 Å². The number of aryl methyl sites for hydroxylation is 1. The van der Waals surface area contributed by atoms with Crippen molar-refractivity contribution >= 4 is 0 Å². The van der Waals surface area contributed by atoms with Crippen LogP contribution in [0.4, 0.5) is 0 Å². The minimum atomic E-state index is 0.818. The molecule has 4 heteroatoms. The van der Waals surface area contributed by atoms with Gasteiger partial charge >= 0.3 is 0 Å². The Morgan fingerprint density at radius 1 is 1.50 bits per heavy atom. The molecule has 1 aromatic rings. The number of nitrogens with one attached hydrogen (secondary N) is 1. The Morgan fingerprint density at radius 3 is 2.95 bits per heavy atom. The Hall–Kier alpha value is -0.840. The molecule has 1 atom stereocenters. The van der Waals surface area contributed by atoms with E-state index in [1.165, 1.54) is 31.6 Å². The summed E-state index contributed by atoms with van der Waals surface area (Å²) in [4.78, 5) is 4.86. The molecule has 0 amide bonds. The van der Waals surface area contributed by atoms with Crippen LogP contribution in [-0.2, 0) is 13.1 Å². The fourth-order valence-electron chi connectivity index (χ4n) is 3.05. The van der Waals surface area contributed by atoms with Crippen molar-refractivity contribution in [3.8, 4) is 0 Å². The summed E-state index contributed by atoms with van der Waals surface area (Å²) in [5, 5.41) is 3.31. The highest BCUT2D eigenvalue weighted by atomic mass is 16.3. The van der Waals surface area contributed by atoms with Crippen molar-refractivity contribution in [1.82, 2.24) is 15.1 Å². The maximum absolute atomic E-state index is 5.81. The van der Waals surface area contributed by atoms with E-state index in [1.807, 2.05) is 0 Å². The van der Waals surface area contributed by atoms with Crippen LogP contribution in [0.15, 0.2) is 10.5 Å². The van der Waals surface area contributed by atoms with Gasteiger partial charge in [-0.15, -0.1) is 0 Å². The van der Waals surface area contributed by atoms with Gasteiger partial charge in [-0.2, -0.15) is 0 Å². The predicted molar refractivity (Wildman–Crippen MR) is 82.8 cm³/mol. The first-order valence-corrected chi connectivity index (χ1v) is 7.74. The quantitative estimate of drug-likeness (QED) is 0.828. The Bertz CT molecular complexity index is 416. The number of hydrogen-bond acceptors (Lipinski definition) is 4. The second-order valence-electron chi connectivity index (χ2n) is 6.19. The lowest BCUT2D eigenvalue weighted by molar-refractivity contribution is 0.266. The first-order chi connectivity index (χ1) is 9.58. The van der Waals surface area contributed by atoms with Crippen molar-refractivity contribution in [3.63, 3.8) is 0 Å². The van der Waals surface area contributed by atoms with E-state index in [9.17, 15) is 0 Å². The molecule has 1 N–H and O–H groups in total. The maximum Gasteiger partial charge on any atom is 0.118 e. The van der Waals surface area contributed by atoms with Crippen molar-refractivity contribution in [2.75, 3.05) is 40.3 Å². The smallest absolute Gasteiger partial charge is 0.118 e. The van der Waals surface area contributed by atoms with Crippen molar-refractivity contribution in [3.05, 3.63) is 23.2 Å². The summed E-state index contributed by atoms with van der Waals surface area (Å²) in [6.07, 6.45) is 1.33. The molecule has 1 aliphatic heterocycles. The molecule has 0 spiro atoms. The van der Waals surface area contributed by atoms with Gasteiger partial charge in [0.1, 0.15) is 11.5 Å². The van der Waals surface area contributed by atoms with Gasteiger partial charge in [0.25, 0.3) is 0 Å². The lowest BCUT2D eigenvalue weighted by Crippen LogP contribution is -2.27. The van der Waals surface area contributed by atoms with Crippen molar-refractivity contribution in [1.29, 1.82) is 0 Å². The zero-order valence-corrected chi connectivity index (χ0v) is 13.4. The number of nitrogens with zero attached hydrogens (tertiary/aromatic N) is 2. The normalized spacial score (nSPS) is 20.1. The van der Waals surface area contributed by atoms with Crippen LogP contribution in [0, 0.1) is 12.8 Å². The second kappa shape index (κ2) is 7.25. The fraction of sp³-hybridized carbons (Fsp3) is 0.750. The Labute approximate surface area is 123 Å². The maximum atomic E-state index is 5.81. The van der Waals surface area contributed by atoms with Gasteiger partial charge in [0.05, 0.1) is 6.54 Å². The zero-order valence-electron chi connectivity index (χ0n) is 13.4. The number of rotatable bonds is 7. The molecule has 2 rings (SSSR count). The van der Waals surface area contributed by atoms with Crippen molar-refractivity contribution in [2.45, 2.75) is 33.4 Å². The third kappa shape index (κ3) is 4.33. The van der Waals surface area contributed by atoms with Gasteiger partial charge < -0.3 is 19.5 Å². The van der Waals surface area contributed by atoms with Gasteiger partial charge in [-0.3, -0.25) is 0 Å². The van der Waals surface area contributed by atoms with Crippen LogP contribution in [-0.4, -0.2) is 50.1 Å².